The van der Waals surface area contributed by atoms with Crippen molar-refractivity contribution >= 4 is 11.6 Å². The molecule has 68 valence electrons. The molecule has 0 bridgehead atoms. The summed E-state index contributed by atoms with van der Waals surface area (Å²) < 4.78 is 0. The van der Waals surface area contributed by atoms with E-state index in [0.29, 0.717) is 0 Å². The summed E-state index contributed by atoms with van der Waals surface area (Å²) in [5.74, 6) is 2.85. The maximum Gasteiger partial charge on any atom is 0.0101 e. The molecule has 0 amide bonds. The van der Waals surface area contributed by atoms with E-state index in [1.807, 2.05) is 6.08 Å². The topological polar surface area (TPSA) is 0 Å². The summed E-state index contributed by atoms with van der Waals surface area (Å²) >= 11 is 5.21. The number of hydrogen-bond donors (Lipinski definition) is 0. The van der Waals surface area contributed by atoms with Crippen LogP contribution in [0.2, 0.25) is 0 Å². The second-order valence-corrected chi connectivity index (χ2v) is 3.06. The van der Waals surface area contributed by atoms with Crippen LogP contribution in [0, 0.1) is 11.3 Å². The third-order valence-electron chi connectivity index (χ3n) is 1.78. The van der Waals surface area contributed by atoms with Gasteiger partial charge in [-0.15, -0.1) is 6.58 Å². The molecule has 0 aromatic heterocycles. The summed E-state index contributed by atoms with van der Waals surface area (Å²) in [7, 11) is 0. The van der Waals surface area contributed by atoms with Crippen LogP contribution >= 0.6 is 11.6 Å². The van der Waals surface area contributed by atoms with Gasteiger partial charge < -0.3 is 0 Å². The zero-order valence-corrected chi connectivity index (χ0v) is 8.37. The molecule has 0 N–H and O–H groups in total. The molecular weight excluding hydrogens is 168 g/mol. The fraction of sp³-hybridized carbons (Fsp3) is 0.636. The molecule has 0 saturated heterocycles. The molecule has 0 aliphatic carbocycles. The van der Waals surface area contributed by atoms with Crippen LogP contribution in [0.15, 0.2) is 12.7 Å². The van der Waals surface area contributed by atoms with Crippen molar-refractivity contribution in [3.05, 3.63) is 12.7 Å². The van der Waals surface area contributed by atoms with Gasteiger partial charge in [0.05, 0.1) is 0 Å². The Morgan fingerprint density at radius 1 is 1.08 bits per heavy atom. The van der Waals surface area contributed by atoms with Crippen molar-refractivity contribution in [2.45, 2.75) is 44.9 Å². The average Bonchev–Trinajstić information content (AvgIpc) is 2.10. The lowest BCUT2D eigenvalue weighted by Crippen LogP contribution is -1.77. The molecule has 0 unspecified atom stereocenters. The number of hydrogen-bond acceptors (Lipinski definition) is 0. The molecule has 12 heavy (non-hydrogen) atoms. The van der Waals surface area contributed by atoms with Crippen LogP contribution in [-0.4, -0.2) is 0 Å². The Morgan fingerprint density at radius 3 is 2.42 bits per heavy atom. The Hall–Kier alpha value is -0.410. The highest BCUT2D eigenvalue weighted by Gasteiger charge is 1.87. The molecule has 0 aromatic carbocycles. The van der Waals surface area contributed by atoms with Crippen LogP contribution < -0.4 is 0 Å². The number of rotatable bonds is 7. The van der Waals surface area contributed by atoms with E-state index in [1.54, 1.807) is 0 Å². The molecule has 0 atom stereocenters. The molecule has 0 rings (SSSR count). The normalized spacial score (nSPS) is 8.75. The van der Waals surface area contributed by atoms with E-state index in [0.717, 1.165) is 12.8 Å². The van der Waals surface area contributed by atoms with Gasteiger partial charge in [0.15, 0.2) is 0 Å². The lowest BCUT2D eigenvalue weighted by molar-refractivity contribution is 0.625. The summed E-state index contributed by atoms with van der Waals surface area (Å²) in [6, 6.07) is 0. The van der Waals surface area contributed by atoms with Gasteiger partial charge in [-0.25, -0.2) is 0 Å². The molecule has 0 heterocycles. The Labute approximate surface area is 81.0 Å². The minimum absolute atomic E-state index is 0.949. The predicted octanol–water partition coefficient (Wildman–Crippen LogP) is 4.10. The van der Waals surface area contributed by atoms with Crippen LogP contribution in [-0.2, 0) is 0 Å². The Morgan fingerprint density at radius 2 is 1.75 bits per heavy atom. The summed E-state index contributed by atoms with van der Waals surface area (Å²) in [4.78, 5) is 0. The van der Waals surface area contributed by atoms with Gasteiger partial charge in [0, 0.05) is 11.8 Å². The third-order valence-corrected chi connectivity index (χ3v) is 1.91. The van der Waals surface area contributed by atoms with Crippen LogP contribution in [0.25, 0.3) is 0 Å². The summed E-state index contributed by atoms with van der Waals surface area (Å²) in [6.07, 6.45) is 10.5. The van der Waals surface area contributed by atoms with Crippen molar-refractivity contribution in [2.24, 2.45) is 0 Å². The van der Waals surface area contributed by atoms with E-state index in [2.05, 4.69) is 17.9 Å². The Balaban J connectivity index is 2.89. The van der Waals surface area contributed by atoms with Crippen LogP contribution in [0.3, 0.4) is 0 Å². The van der Waals surface area contributed by atoms with Crippen LogP contribution in [0.1, 0.15) is 44.9 Å². The molecule has 0 aliphatic heterocycles. The zero-order chi connectivity index (χ0) is 9.07. The number of unbranched alkanes of at least 4 members (excludes halogenated alkanes) is 6. The fourth-order valence-electron chi connectivity index (χ4n) is 1.08. The maximum atomic E-state index is 5.21. The van der Waals surface area contributed by atoms with Gasteiger partial charge in [-0.3, -0.25) is 0 Å². The fourth-order valence-corrected chi connectivity index (χ4v) is 1.17. The van der Waals surface area contributed by atoms with Gasteiger partial charge in [-0.2, -0.15) is 0 Å². The minimum Gasteiger partial charge on any atom is -0.103 e. The first-order chi connectivity index (χ1) is 5.91. The van der Waals surface area contributed by atoms with Gasteiger partial charge >= 0.3 is 0 Å². The smallest absolute Gasteiger partial charge is 0.0101 e. The first-order valence-corrected chi connectivity index (χ1v) is 4.99. The van der Waals surface area contributed by atoms with E-state index < -0.39 is 0 Å². The third kappa shape index (κ3) is 9.59. The van der Waals surface area contributed by atoms with E-state index in [4.69, 9.17) is 11.6 Å². The summed E-state index contributed by atoms with van der Waals surface area (Å²) in [6.45, 7) is 3.69. The first-order valence-electron chi connectivity index (χ1n) is 4.61. The monoisotopic (exact) mass is 184 g/mol. The summed E-state index contributed by atoms with van der Waals surface area (Å²) in [5, 5.41) is 2.39. The van der Waals surface area contributed by atoms with Gasteiger partial charge in [-0.05, 0) is 30.9 Å². The van der Waals surface area contributed by atoms with Crippen LogP contribution in [0.4, 0.5) is 0 Å². The van der Waals surface area contributed by atoms with E-state index >= 15 is 0 Å². The molecule has 0 saturated carbocycles. The highest BCUT2D eigenvalue weighted by atomic mass is 35.5. The van der Waals surface area contributed by atoms with Crippen molar-refractivity contribution in [1.29, 1.82) is 0 Å². The largest absolute Gasteiger partial charge is 0.103 e. The van der Waals surface area contributed by atoms with Crippen molar-refractivity contribution in [3.63, 3.8) is 0 Å². The van der Waals surface area contributed by atoms with Crippen molar-refractivity contribution in [2.75, 3.05) is 0 Å². The highest BCUT2D eigenvalue weighted by Crippen LogP contribution is 2.06. The lowest BCUT2D eigenvalue weighted by atomic mass is 10.1. The van der Waals surface area contributed by atoms with Crippen LogP contribution in [0.5, 0.6) is 0 Å². The quantitative estimate of drug-likeness (QED) is 0.318. The molecule has 0 fully saturated rings. The average molecular weight is 185 g/mol. The van der Waals surface area contributed by atoms with E-state index in [-0.39, 0.29) is 0 Å². The first kappa shape index (κ1) is 11.6. The standard InChI is InChI=1S/C11H17Cl/c1-2-3-4-5-6-7-8-9-10-11-12/h2H,1,3-9H2. The molecule has 1 heteroatoms. The molecule has 0 nitrogen and oxygen atoms in total. The van der Waals surface area contributed by atoms with Gasteiger partial charge in [0.2, 0.25) is 0 Å². The molecule has 0 aromatic rings. The minimum atomic E-state index is 0.949. The zero-order valence-electron chi connectivity index (χ0n) is 7.61. The second kappa shape index (κ2) is 10.6. The molecule has 0 aliphatic rings. The van der Waals surface area contributed by atoms with Gasteiger partial charge in [-0.1, -0.05) is 31.3 Å². The molecular formula is C11H17Cl. The number of halogens is 1. The molecule has 0 spiro atoms. The second-order valence-electron chi connectivity index (χ2n) is 2.87. The van der Waals surface area contributed by atoms with Crippen molar-refractivity contribution in [3.8, 4) is 11.3 Å². The highest BCUT2D eigenvalue weighted by molar-refractivity contribution is 6.30. The Kier molecular flexibility index (Phi) is 10.2. The van der Waals surface area contributed by atoms with Gasteiger partial charge in [0.25, 0.3) is 0 Å². The SMILES string of the molecule is C=CCCCCCCCC#CCl. The Bertz CT molecular complexity index is 150. The molecule has 0 radical (unpaired) electrons. The maximum absolute atomic E-state index is 5.21. The van der Waals surface area contributed by atoms with Crippen molar-refractivity contribution < 1.29 is 0 Å². The lowest BCUT2D eigenvalue weighted by Gasteiger charge is -1.96. The van der Waals surface area contributed by atoms with Gasteiger partial charge in [0.1, 0.15) is 0 Å². The van der Waals surface area contributed by atoms with E-state index in [9.17, 15) is 0 Å². The van der Waals surface area contributed by atoms with Crippen molar-refractivity contribution in [1.82, 2.24) is 0 Å². The number of allylic oxidation sites excluding steroid dienone is 1. The van der Waals surface area contributed by atoms with E-state index in [1.165, 1.54) is 32.1 Å². The summed E-state index contributed by atoms with van der Waals surface area (Å²) in [5.41, 5.74) is 0. The predicted molar refractivity (Wildman–Crippen MR) is 56.1 cm³/mol.